The summed E-state index contributed by atoms with van der Waals surface area (Å²) in [7, 11) is 3.96. The van der Waals surface area contributed by atoms with Gasteiger partial charge >= 0.3 is 0 Å². The highest BCUT2D eigenvalue weighted by atomic mass is 16.1. The highest BCUT2D eigenvalue weighted by Crippen LogP contribution is 2.13. The number of anilines is 1. The number of carbonyl (C=O) groups is 1. The van der Waals surface area contributed by atoms with Gasteiger partial charge < -0.3 is 14.8 Å². The monoisotopic (exact) mass is 348 g/mol. The van der Waals surface area contributed by atoms with Gasteiger partial charge in [-0.1, -0.05) is 18.2 Å². The van der Waals surface area contributed by atoms with E-state index in [0.29, 0.717) is 18.5 Å². The Morgan fingerprint density at radius 2 is 1.77 bits per heavy atom. The number of nitrogens with one attached hydrogen (secondary N) is 1. The lowest BCUT2D eigenvalue weighted by Gasteiger charge is -2.12. The Kier molecular flexibility index (Phi) is 5.37. The Bertz CT molecular complexity index is 867. The Morgan fingerprint density at radius 1 is 1.08 bits per heavy atom. The molecular weight excluding hydrogens is 324 g/mol. The molecule has 0 aliphatic heterocycles. The second-order valence-electron chi connectivity index (χ2n) is 6.43. The van der Waals surface area contributed by atoms with Crippen LogP contribution in [0.2, 0.25) is 0 Å². The molecule has 1 amide bonds. The van der Waals surface area contributed by atoms with Crippen molar-refractivity contribution < 1.29 is 4.79 Å². The van der Waals surface area contributed by atoms with Gasteiger partial charge in [0, 0.05) is 50.2 Å². The van der Waals surface area contributed by atoms with Crippen molar-refractivity contribution in [1.29, 1.82) is 0 Å². The molecule has 0 bridgehead atoms. The van der Waals surface area contributed by atoms with E-state index in [9.17, 15) is 4.79 Å². The van der Waals surface area contributed by atoms with Crippen LogP contribution in [0.15, 0.2) is 60.8 Å². The summed E-state index contributed by atoms with van der Waals surface area (Å²) < 4.78 is 2.07. The molecule has 0 aliphatic rings. The molecule has 134 valence electrons. The maximum atomic E-state index is 12.3. The first kappa shape index (κ1) is 17.7. The van der Waals surface area contributed by atoms with E-state index in [2.05, 4.69) is 27.0 Å². The third-order valence-corrected chi connectivity index (χ3v) is 4.28. The van der Waals surface area contributed by atoms with Crippen LogP contribution in [0.3, 0.4) is 0 Å². The van der Waals surface area contributed by atoms with Crippen molar-refractivity contribution in [2.24, 2.45) is 0 Å². The van der Waals surface area contributed by atoms with E-state index in [4.69, 9.17) is 0 Å². The van der Waals surface area contributed by atoms with E-state index < -0.39 is 0 Å². The van der Waals surface area contributed by atoms with Gasteiger partial charge in [0.1, 0.15) is 5.82 Å². The molecule has 3 aromatic rings. The van der Waals surface area contributed by atoms with Crippen molar-refractivity contribution in [3.8, 4) is 5.69 Å². The van der Waals surface area contributed by atoms with Gasteiger partial charge in [0.05, 0.1) is 5.69 Å². The summed E-state index contributed by atoms with van der Waals surface area (Å²) in [5, 5.41) is 2.96. The van der Waals surface area contributed by atoms with E-state index in [1.165, 1.54) is 0 Å². The normalized spacial score (nSPS) is 10.6. The minimum Gasteiger partial charge on any atom is -0.378 e. The zero-order chi connectivity index (χ0) is 18.5. The minimum atomic E-state index is -0.0606. The lowest BCUT2D eigenvalue weighted by Crippen LogP contribution is -2.25. The van der Waals surface area contributed by atoms with Gasteiger partial charge in [0.25, 0.3) is 5.91 Å². The molecule has 0 unspecified atom stereocenters. The number of imidazole rings is 1. The Hall–Kier alpha value is -3.08. The van der Waals surface area contributed by atoms with Crippen LogP contribution in [0.4, 0.5) is 5.69 Å². The molecule has 0 atom stereocenters. The van der Waals surface area contributed by atoms with Crippen molar-refractivity contribution in [3.63, 3.8) is 0 Å². The third-order valence-electron chi connectivity index (χ3n) is 4.28. The molecule has 0 aliphatic carbocycles. The molecular formula is C21H24N4O. The Morgan fingerprint density at radius 3 is 2.42 bits per heavy atom. The molecule has 0 saturated carbocycles. The van der Waals surface area contributed by atoms with Crippen molar-refractivity contribution >= 4 is 11.6 Å². The predicted octanol–water partition coefficient (Wildman–Crippen LogP) is 3.22. The van der Waals surface area contributed by atoms with Crippen LogP contribution in [0.25, 0.3) is 5.69 Å². The highest BCUT2D eigenvalue weighted by Gasteiger charge is 2.08. The Balaban J connectivity index is 1.57. The fourth-order valence-corrected chi connectivity index (χ4v) is 2.82. The van der Waals surface area contributed by atoms with Gasteiger partial charge in [-0.15, -0.1) is 0 Å². The molecule has 0 spiro atoms. The fourth-order valence-electron chi connectivity index (χ4n) is 2.82. The highest BCUT2D eigenvalue weighted by molar-refractivity contribution is 5.94. The van der Waals surface area contributed by atoms with Gasteiger partial charge in [-0.3, -0.25) is 4.79 Å². The molecule has 0 radical (unpaired) electrons. The van der Waals surface area contributed by atoms with Gasteiger partial charge in [-0.25, -0.2) is 4.98 Å². The van der Waals surface area contributed by atoms with Crippen molar-refractivity contribution in [2.45, 2.75) is 13.3 Å². The predicted molar refractivity (Wildman–Crippen MR) is 105 cm³/mol. The SMILES string of the molecule is Cc1nc(CCNC(=O)c2ccc(N(C)C)cc2)cn1-c1ccccc1. The lowest BCUT2D eigenvalue weighted by molar-refractivity contribution is 0.0954. The van der Waals surface area contributed by atoms with E-state index in [-0.39, 0.29) is 5.91 Å². The summed E-state index contributed by atoms with van der Waals surface area (Å²) in [4.78, 5) is 18.9. The fraction of sp³-hybridized carbons (Fsp3) is 0.238. The summed E-state index contributed by atoms with van der Waals surface area (Å²) in [5.41, 5.74) is 3.80. The quantitative estimate of drug-likeness (QED) is 0.744. The number of amides is 1. The molecule has 5 heteroatoms. The average molecular weight is 348 g/mol. The largest absolute Gasteiger partial charge is 0.378 e. The first-order valence-electron chi connectivity index (χ1n) is 8.70. The number of aryl methyl sites for hydroxylation is 1. The van der Waals surface area contributed by atoms with Crippen molar-refractivity contribution in [1.82, 2.24) is 14.9 Å². The van der Waals surface area contributed by atoms with Crippen LogP contribution in [0.5, 0.6) is 0 Å². The van der Waals surface area contributed by atoms with Crippen molar-refractivity contribution in [2.75, 3.05) is 25.5 Å². The van der Waals surface area contributed by atoms with Gasteiger partial charge in [0.2, 0.25) is 0 Å². The molecule has 1 heterocycles. The number of rotatable bonds is 6. The maximum absolute atomic E-state index is 12.3. The zero-order valence-corrected chi connectivity index (χ0v) is 15.4. The third kappa shape index (κ3) is 4.11. The summed E-state index contributed by atoms with van der Waals surface area (Å²) in [6.45, 7) is 2.54. The number of aromatic nitrogens is 2. The van der Waals surface area contributed by atoms with Crippen LogP contribution in [0.1, 0.15) is 21.9 Å². The van der Waals surface area contributed by atoms with E-state index in [1.54, 1.807) is 0 Å². The first-order valence-corrected chi connectivity index (χ1v) is 8.70. The van der Waals surface area contributed by atoms with Crippen LogP contribution < -0.4 is 10.2 Å². The summed E-state index contributed by atoms with van der Waals surface area (Å²) in [5.74, 6) is 0.881. The van der Waals surface area contributed by atoms with Gasteiger partial charge in [-0.05, 0) is 43.3 Å². The molecule has 1 aromatic heterocycles. The zero-order valence-electron chi connectivity index (χ0n) is 15.4. The lowest BCUT2D eigenvalue weighted by atomic mass is 10.2. The van der Waals surface area contributed by atoms with Crippen LogP contribution >= 0.6 is 0 Å². The standard InChI is InChI=1S/C21H24N4O/c1-16-23-18(15-25(16)20-7-5-4-6-8-20)13-14-22-21(26)17-9-11-19(12-10-17)24(2)3/h4-12,15H,13-14H2,1-3H3,(H,22,26). The summed E-state index contributed by atoms with van der Waals surface area (Å²) in [6.07, 6.45) is 2.73. The number of carbonyl (C=O) groups excluding carboxylic acids is 1. The number of hydrogen-bond acceptors (Lipinski definition) is 3. The molecule has 3 rings (SSSR count). The number of benzene rings is 2. The van der Waals surface area contributed by atoms with Gasteiger partial charge in [0.15, 0.2) is 0 Å². The smallest absolute Gasteiger partial charge is 0.251 e. The average Bonchev–Trinajstić information content (AvgIpc) is 3.03. The maximum Gasteiger partial charge on any atom is 0.251 e. The van der Waals surface area contributed by atoms with Gasteiger partial charge in [-0.2, -0.15) is 0 Å². The summed E-state index contributed by atoms with van der Waals surface area (Å²) in [6, 6.07) is 17.7. The minimum absolute atomic E-state index is 0.0606. The first-order chi connectivity index (χ1) is 12.5. The molecule has 5 nitrogen and oxygen atoms in total. The summed E-state index contributed by atoms with van der Waals surface area (Å²) >= 11 is 0. The second kappa shape index (κ2) is 7.87. The van der Waals surface area contributed by atoms with Crippen LogP contribution in [-0.4, -0.2) is 36.1 Å². The molecule has 26 heavy (non-hydrogen) atoms. The molecule has 2 aromatic carbocycles. The molecule has 0 saturated heterocycles. The van der Waals surface area contributed by atoms with Crippen LogP contribution in [-0.2, 0) is 6.42 Å². The van der Waals surface area contributed by atoms with E-state index in [0.717, 1.165) is 22.9 Å². The number of nitrogens with zero attached hydrogens (tertiary/aromatic N) is 3. The number of para-hydroxylation sites is 1. The van der Waals surface area contributed by atoms with Crippen molar-refractivity contribution in [3.05, 3.63) is 77.9 Å². The van der Waals surface area contributed by atoms with E-state index >= 15 is 0 Å². The molecule has 1 N–H and O–H groups in total. The second-order valence-corrected chi connectivity index (χ2v) is 6.43. The molecule has 0 fully saturated rings. The number of hydrogen-bond donors (Lipinski definition) is 1. The van der Waals surface area contributed by atoms with E-state index in [1.807, 2.05) is 74.6 Å². The topological polar surface area (TPSA) is 50.2 Å². The van der Waals surface area contributed by atoms with Crippen LogP contribution in [0, 0.1) is 6.92 Å². The Labute approximate surface area is 154 Å².